The Morgan fingerprint density at radius 2 is 2.32 bits per heavy atom. The summed E-state index contributed by atoms with van der Waals surface area (Å²) in [5, 5.41) is 0. The Hall–Kier alpha value is -0.890. The standard InChI is InChI=1S/C12H21N3O3S/c1-12(4-3-5-18-12)9-14-19(16,17)11-6-10(7-13)15(2)8-11/h6,8,14H,3-5,7,9,13H2,1-2H3. The van der Waals surface area contributed by atoms with Crippen molar-refractivity contribution in [2.24, 2.45) is 12.8 Å². The molecule has 1 aromatic rings. The maximum absolute atomic E-state index is 12.2. The fraction of sp³-hybridized carbons (Fsp3) is 0.667. The topological polar surface area (TPSA) is 86.3 Å². The third-order valence-corrected chi connectivity index (χ3v) is 4.91. The quantitative estimate of drug-likeness (QED) is 0.817. The Bertz CT molecular complexity index is 545. The Labute approximate surface area is 114 Å². The van der Waals surface area contributed by atoms with E-state index in [0.717, 1.165) is 18.5 Å². The van der Waals surface area contributed by atoms with E-state index in [9.17, 15) is 8.42 Å². The van der Waals surface area contributed by atoms with Gasteiger partial charge in [-0.3, -0.25) is 0 Å². The van der Waals surface area contributed by atoms with Crippen molar-refractivity contribution in [3.63, 3.8) is 0 Å². The van der Waals surface area contributed by atoms with Crippen molar-refractivity contribution in [2.75, 3.05) is 13.2 Å². The molecule has 19 heavy (non-hydrogen) atoms. The number of hydrogen-bond acceptors (Lipinski definition) is 4. The molecule has 7 heteroatoms. The summed E-state index contributed by atoms with van der Waals surface area (Å²) in [6, 6.07) is 1.60. The molecule has 1 saturated heterocycles. The molecule has 1 atom stereocenters. The molecular formula is C12H21N3O3S. The zero-order valence-electron chi connectivity index (χ0n) is 11.3. The van der Waals surface area contributed by atoms with Crippen LogP contribution < -0.4 is 10.5 Å². The molecule has 0 bridgehead atoms. The molecule has 1 fully saturated rings. The lowest BCUT2D eigenvalue weighted by molar-refractivity contribution is 0.0250. The number of nitrogens with two attached hydrogens (primary N) is 1. The van der Waals surface area contributed by atoms with Crippen LogP contribution in [0.5, 0.6) is 0 Å². The van der Waals surface area contributed by atoms with Crippen molar-refractivity contribution in [1.82, 2.24) is 9.29 Å². The summed E-state index contributed by atoms with van der Waals surface area (Å²) in [5.74, 6) is 0. The molecule has 1 aliphatic heterocycles. The lowest BCUT2D eigenvalue weighted by Gasteiger charge is -2.23. The van der Waals surface area contributed by atoms with Crippen LogP contribution in [0.4, 0.5) is 0 Å². The molecule has 1 unspecified atom stereocenters. The summed E-state index contributed by atoms with van der Waals surface area (Å²) in [5.41, 5.74) is 5.94. The summed E-state index contributed by atoms with van der Waals surface area (Å²) in [6.45, 7) is 3.23. The Balaban J connectivity index is 2.09. The predicted octanol–water partition coefficient (Wildman–Crippen LogP) is 0.331. The van der Waals surface area contributed by atoms with E-state index in [2.05, 4.69) is 4.72 Å². The molecule has 3 N–H and O–H groups in total. The van der Waals surface area contributed by atoms with Crippen LogP contribution in [0.1, 0.15) is 25.5 Å². The average Bonchev–Trinajstić information content (AvgIpc) is 2.94. The van der Waals surface area contributed by atoms with Crippen molar-refractivity contribution in [2.45, 2.75) is 36.8 Å². The molecular weight excluding hydrogens is 266 g/mol. The molecule has 1 aromatic heterocycles. The first-order chi connectivity index (χ1) is 8.86. The first-order valence-electron chi connectivity index (χ1n) is 6.35. The van der Waals surface area contributed by atoms with Gasteiger partial charge >= 0.3 is 0 Å². The van der Waals surface area contributed by atoms with Gasteiger partial charge in [-0.15, -0.1) is 0 Å². The smallest absolute Gasteiger partial charge is 0.242 e. The second kappa shape index (κ2) is 5.24. The van der Waals surface area contributed by atoms with Crippen LogP contribution in [0.15, 0.2) is 17.2 Å². The second-order valence-corrected chi connectivity index (χ2v) is 6.98. The minimum Gasteiger partial charge on any atom is -0.374 e. The first-order valence-corrected chi connectivity index (χ1v) is 7.84. The van der Waals surface area contributed by atoms with E-state index in [-0.39, 0.29) is 4.90 Å². The van der Waals surface area contributed by atoms with Gasteiger partial charge < -0.3 is 15.0 Å². The number of aromatic nitrogens is 1. The molecule has 2 rings (SSSR count). The van der Waals surface area contributed by atoms with Gasteiger partial charge in [-0.2, -0.15) is 0 Å². The van der Waals surface area contributed by atoms with Crippen molar-refractivity contribution in [3.05, 3.63) is 18.0 Å². The molecule has 0 spiro atoms. The van der Waals surface area contributed by atoms with Gasteiger partial charge in [-0.05, 0) is 25.8 Å². The van der Waals surface area contributed by atoms with Crippen LogP contribution in [-0.4, -0.2) is 31.7 Å². The van der Waals surface area contributed by atoms with Gasteiger partial charge in [-0.1, -0.05) is 0 Å². The number of sulfonamides is 1. The molecule has 6 nitrogen and oxygen atoms in total. The Morgan fingerprint density at radius 3 is 2.84 bits per heavy atom. The molecule has 0 amide bonds. The molecule has 108 valence electrons. The van der Waals surface area contributed by atoms with Gasteiger partial charge in [0.15, 0.2) is 0 Å². The zero-order valence-corrected chi connectivity index (χ0v) is 12.2. The summed E-state index contributed by atoms with van der Waals surface area (Å²) >= 11 is 0. The minimum atomic E-state index is -3.50. The molecule has 0 radical (unpaired) electrons. The number of nitrogens with zero attached hydrogens (tertiary/aromatic N) is 1. The van der Waals surface area contributed by atoms with Crippen LogP contribution in [0, 0.1) is 0 Å². The summed E-state index contributed by atoms with van der Waals surface area (Å²) in [6.07, 6.45) is 3.42. The van der Waals surface area contributed by atoms with Crippen LogP contribution in [0.3, 0.4) is 0 Å². The summed E-state index contributed by atoms with van der Waals surface area (Å²) in [7, 11) is -1.72. The van der Waals surface area contributed by atoms with E-state index < -0.39 is 15.6 Å². The first kappa shape index (κ1) is 14.5. The molecule has 0 saturated carbocycles. The summed E-state index contributed by atoms with van der Waals surface area (Å²) < 4.78 is 34.3. The normalized spacial score (nSPS) is 23.9. The van der Waals surface area contributed by atoms with E-state index in [1.165, 1.54) is 0 Å². The van der Waals surface area contributed by atoms with Crippen molar-refractivity contribution >= 4 is 10.0 Å². The van der Waals surface area contributed by atoms with Gasteiger partial charge in [0.2, 0.25) is 10.0 Å². The highest BCUT2D eigenvalue weighted by Gasteiger charge is 2.31. The molecule has 1 aliphatic rings. The van der Waals surface area contributed by atoms with Gasteiger partial charge in [0.05, 0.1) is 10.5 Å². The summed E-state index contributed by atoms with van der Waals surface area (Å²) in [4.78, 5) is 0.247. The highest BCUT2D eigenvalue weighted by atomic mass is 32.2. The van der Waals surface area contributed by atoms with E-state index in [0.29, 0.717) is 19.7 Å². The average molecular weight is 287 g/mol. The van der Waals surface area contributed by atoms with Crippen LogP contribution in [-0.2, 0) is 28.4 Å². The number of aryl methyl sites for hydroxylation is 1. The monoisotopic (exact) mass is 287 g/mol. The second-order valence-electron chi connectivity index (χ2n) is 5.21. The van der Waals surface area contributed by atoms with E-state index >= 15 is 0 Å². The van der Waals surface area contributed by atoms with Crippen LogP contribution in [0.25, 0.3) is 0 Å². The van der Waals surface area contributed by atoms with E-state index in [1.54, 1.807) is 23.9 Å². The van der Waals surface area contributed by atoms with E-state index in [4.69, 9.17) is 10.5 Å². The fourth-order valence-corrected chi connectivity index (χ4v) is 3.48. The molecule has 2 heterocycles. The highest BCUT2D eigenvalue weighted by molar-refractivity contribution is 7.89. The third-order valence-electron chi connectivity index (χ3n) is 3.54. The van der Waals surface area contributed by atoms with E-state index in [1.807, 2.05) is 6.92 Å². The molecule has 0 aliphatic carbocycles. The van der Waals surface area contributed by atoms with Crippen molar-refractivity contribution < 1.29 is 13.2 Å². The van der Waals surface area contributed by atoms with Crippen molar-refractivity contribution in [3.8, 4) is 0 Å². The predicted molar refractivity (Wildman–Crippen MR) is 72.1 cm³/mol. The van der Waals surface area contributed by atoms with Crippen LogP contribution in [0.2, 0.25) is 0 Å². The van der Waals surface area contributed by atoms with Crippen molar-refractivity contribution in [1.29, 1.82) is 0 Å². The van der Waals surface area contributed by atoms with Gasteiger partial charge in [0.25, 0.3) is 0 Å². The number of ether oxygens (including phenoxy) is 1. The highest BCUT2D eigenvalue weighted by Crippen LogP contribution is 2.24. The largest absolute Gasteiger partial charge is 0.374 e. The lowest BCUT2D eigenvalue weighted by atomic mass is 10.0. The van der Waals surface area contributed by atoms with Gasteiger partial charge in [-0.25, -0.2) is 13.1 Å². The van der Waals surface area contributed by atoms with Gasteiger partial charge in [0.1, 0.15) is 0 Å². The minimum absolute atomic E-state index is 0.247. The maximum Gasteiger partial charge on any atom is 0.242 e. The Kier molecular flexibility index (Phi) is 4.00. The number of hydrogen-bond donors (Lipinski definition) is 2. The third kappa shape index (κ3) is 3.17. The number of nitrogens with one attached hydrogen (secondary N) is 1. The number of rotatable bonds is 5. The Morgan fingerprint density at radius 1 is 1.58 bits per heavy atom. The fourth-order valence-electron chi connectivity index (χ4n) is 2.23. The van der Waals surface area contributed by atoms with Crippen LogP contribution >= 0.6 is 0 Å². The SMILES string of the molecule is Cn1cc(S(=O)(=O)NCC2(C)CCCO2)cc1CN. The maximum atomic E-state index is 12.2. The zero-order chi connectivity index (χ0) is 14.1. The van der Waals surface area contributed by atoms with Gasteiger partial charge in [0, 0.05) is 38.6 Å². The molecule has 0 aromatic carbocycles. The lowest BCUT2D eigenvalue weighted by Crippen LogP contribution is -2.39.